The standard InChI is InChI=1S/C14H20N2O2/c15-14(18)13(17)9-16-8-11-6-3-5-10-4-1-2-7-12(10)11/h1-2,4,7,11,13,16-17H,3,5-6,8-9H2,(H2,15,18). The summed E-state index contributed by atoms with van der Waals surface area (Å²) in [6.45, 7) is 1.01. The third-order valence-corrected chi connectivity index (χ3v) is 3.55. The predicted molar refractivity (Wildman–Crippen MR) is 70.2 cm³/mol. The molecule has 1 aliphatic rings. The zero-order valence-corrected chi connectivity index (χ0v) is 10.4. The minimum absolute atomic E-state index is 0.230. The Morgan fingerprint density at radius 3 is 3.06 bits per heavy atom. The molecule has 0 saturated heterocycles. The van der Waals surface area contributed by atoms with Crippen molar-refractivity contribution >= 4 is 5.91 Å². The van der Waals surface area contributed by atoms with Crippen LogP contribution in [0.15, 0.2) is 24.3 Å². The fourth-order valence-corrected chi connectivity index (χ4v) is 2.56. The van der Waals surface area contributed by atoms with Crippen LogP contribution in [0.2, 0.25) is 0 Å². The summed E-state index contributed by atoms with van der Waals surface area (Å²) >= 11 is 0. The van der Waals surface area contributed by atoms with E-state index in [1.807, 2.05) is 0 Å². The fourth-order valence-electron chi connectivity index (χ4n) is 2.56. The van der Waals surface area contributed by atoms with Gasteiger partial charge in [-0.15, -0.1) is 0 Å². The van der Waals surface area contributed by atoms with Crippen molar-refractivity contribution in [3.63, 3.8) is 0 Å². The van der Waals surface area contributed by atoms with Crippen LogP contribution in [-0.2, 0) is 11.2 Å². The van der Waals surface area contributed by atoms with Crippen LogP contribution < -0.4 is 11.1 Å². The minimum atomic E-state index is -1.09. The molecule has 1 aromatic rings. The van der Waals surface area contributed by atoms with Crippen LogP contribution in [0.1, 0.15) is 29.9 Å². The Kier molecular flexibility index (Phi) is 4.33. The van der Waals surface area contributed by atoms with Crippen LogP contribution in [0.3, 0.4) is 0 Å². The van der Waals surface area contributed by atoms with Gasteiger partial charge in [0.15, 0.2) is 0 Å². The first-order chi connectivity index (χ1) is 8.68. The molecule has 2 unspecified atom stereocenters. The molecule has 1 amide bonds. The van der Waals surface area contributed by atoms with Crippen LogP contribution in [0.25, 0.3) is 0 Å². The highest BCUT2D eigenvalue weighted by atomic mass is 16.3. The lowest BCUT2D eigenvalue weighted by molar-refractivity contribution is -0.125. The van der Waals surface area contributed by atoms with Crippen molar-refractivity contribution < 1.29 is 9.90 Å². The lowest BCUT2D eigenvalue weighted by Crippen LogP contribution is -2.39. The Balaban J connectivity index is 1.90. The van der Waals surface area contributed by atoms with Crippen molar-refractivity contribution in [1.82, 2.24) is 5.32 Å². The van der Waals surface area contributed by atoms with E-state index in [1.165, 1.54) is 17.5 Å². The van der Waals surface area contributed by atoms with Gasteiger partial charge in [0.05, 0.1) is 0 Å². The molecule has 98 valence electrons. The Bertz CT molecular complexity index is 420. The molecule has 2 rings (SSSR count). The number of carbonyl (C=O) groups excluding carboxylic acids is 1. The van der Waals surface area contributed by atoms with E-state index in [2.05, 4.69) is 29.6 Å². The van der Waals surface area contributed by atoms with Gasteiger partial charge in [-0.2, -0.15) is 0 Å². The summed E-state index contributed by atoms with van der Waals surface area (Å²) in [7, 11) is 0. The van der Waals surface area contributed by atoms with Crippen molar-refractivity contribution in [3.8, 4) is 0 Å². The molecule has 18 heavy (non-hydrogen) atoms. The van der Waals surface area contributed by atoms with Gasteiger partial charge in [-0.3, -0.25) is 4.79 Å². The van der Waals surface area contributed by atoms with Crippen LogP contribution in [0.4, 0.5) is 0 Å². The minimum Gasteiger partial charge on any atom is -0.382 e. The van der Waals surface area contributed by atoms with Crippen LogP contribution >= 0.6 is 0 Å². The number of hydrogen-bond acceptors (Lipinski definition) is 3. The number of benzene rings is 1. The van der Waals surface area contributed by atoms with E-state index >= 15 is 0 Å². The monoisotopic (exact) mass is 248 g/mol. The van der Waals surface area contributed by atoms with E-state index in [4.69, 9.17) is 5.73 Å². The Labute approximate surface area is 107 Å². The van der Waals surface area contributed by atoms with Crippen molar-refractivity contribution in [2.24, 2.45) is 5.73 Å². The third-order valence-electron chi connectivity index (χ3n) is 3.55. The molecular formula is C14H20N2O2. The van der Waals surface area contributed by atoms with Gasteiger partial charge in [-0.1, -0.05) is 24.3 Å². The maximum atomic E-state index is 10.7. The third kappa shape index (κ3) is 3.09. The lowest BCUT2D eigenvalue weighted by atomic mass is 9.83. The lowest BCUT2D eigenvalue weighted by Gasteiger charge is -2.26. The number of aliphatic hydroxyl groups is 1. The molecule has 0 spiro atoms. The van der Waals surface area contributed by atoms with Gasteiger partial charge in [0.2, 0.25) is 5.91 Å². The molecule has 0 fully saturated rings. The molecule has 1 aromatic carbocycles. The first-order valence-electron chi connectivity index (χ1n) is 6.44. The highest BCUT2D eigenvalue weighted by molar-refractivity contribution is 5.78. The molecule has 0 aliphatic heterocycles. The first-order valence-corrected chi connectivity index (χ1v) is 6.44. The van der Waals surface area contributed by atoms with Crippen LogP contribution in [-0.4, -0.2) is 30.2 Å². The van der Waals surface area contributed by atoms with E-state index in [1.54, 1.807) is 0 Å². The number of aryl methyl sites for hydroxylation is 1. The summed E-state index contributed by atoms with van der Waals surface area (Å²) in [4.78, 5) is 10.7. The number of carbonyl (C=O) groups is 1. The van der Waals surface area contributed by atoms with Gasteiger partial charge in [0.25, 0.3) is 0 Å². The van der Waals surface area contributed by atoms with Crippen molar-refractivity contribution in [2.75, 3.05) is 13.1 Å². The number of hydrogen-bond donors (Lipinski definition) is 3. The predicted octanol–water partition coefficient (Wildman–Crippen LogP) is 0.542. The largest absolute Gasteiger partial charge is 0.382 e. The number of rotatable bonds is 5. The van der Waals surface area contributed by atoms with Gasteiger partial charge >= 0.3 is 0 Å². The Morgan fingerprint density at radius 2 is 2.28 bits per heavy atom. The smallest absolute Gasteiger partial charge is 0.247 e. The SMILES string of the molecule is NC(=O)C(O)CNCC1CCCc2ccccc21. The summed E-state index contributed by atoms with van der Waals surface area (Å²) in [5.74, 6) is -0.207. The second-order valence-corrected chi connectivity index (χ2v) is 4.86. The van der Waals surface area contributed by atoms with Gasteiger partial charge < -0.3 is 16.2 Å². The molecule has 0 saturated carbocycles. The zero-order chi connectivity index (χ0) is 13.0. The summed E-state index contributed by atoms with van der Waals surface area (Å²) in [5, 5.41) is 12.4. The maximum absolute atomic E-state index is 10.7. The average molecular weight is 248 g/mol. The number of nitrogens with one attached hydrogen (secondary N) is 1. The summed E-state index contributed by atoms with van der Waals surface area (Å²) in [5.41, 5.74) is 7.82. The van der Waals surface area contributed by atoms with Gasteiger partial charge in [-0.25, -0.2) is 0 Å². The van der Waals surface area contributed by atoms with Crippen molar-refractivity contribution in [1.29, 1.82) is 0 Å². The second kappa shape index (κ2) is 5.98. The summed E-state index contributed by atoms with van der Waals surface area (Å²) in [6, 6.07) is 8.49. The number of primary amides is 1. The molecule has 4 nitrogen and oxygen atoms in total. The highest BCUT2D eigenvalue weighted by Gasteiger charge is 2.20. The van der Waals surface area contributed by atoms with E-state index in [0.29, 0.717) is 5.92 Å². The highest BCUT2D eigenvalue weighted by Crippen LogP contribution is 2.30. The van der Waals surface area contributed by atoms with E-state index < -0.39 is 12.0 Å². The molecule has 4 heteroatoms. The molecule has 0 heterocycles. The molecule has 0 radical (unpaired) electrons. The van der Waals surface area contributed by atoms with Gasteiger partial charge in [0.1, 0.15) is 6.10 Å². The van der Waals surface area contributed by atoms with Crippen LogP contribution in [0.5, 0.6) is 0 Å². The van der Waals surface area contributed by atoms with Crippen molar-refractivity contribution in [3.05, 3.63) is 35.4 Å². The van der Waals surface area contributed by atoms with Crippen molar-refractivity contribution in [2.45, 2.75) is 31.3 Å². The molecule has 2 atom stereocenters. The number of fused-ring (bicyclic) bond motifs is 1. The topological polar surface area (TPSA) is 75.4 Å². The molecule has 0 aromatic heterocycles. The summed E-state index contributed by atoms with van der Waals surface area (Å²) < 4.78 is 0. The normalized spacial score (nSPS) is 20.2. The zero-order valence-electron chi connectivity index (χ0n) is 10.4. The quantitative estimate of drug-likeness (QED) is 0.712. The van der Waals surface area contributed by atoms with E-state index in [-0.39, 0.29) is 6.54 Å². The van der Waals surface area contributed by atoms with Gasteiger partial charge in [-0.05, 0) is 36.3 Å². The van der Waals surface area contributed by atoms with Crippen LogP contribution in [0, 0.1) is 0 Å². The van der Waals surface area contributed by atoms with E-state index in [0.717, 1.165) is 19.4 Å². The second-order valence-electron chi connectivity index (χ2n) is 4.86. The molecule has 4 N–H and O–H groups in total. The molecule has 0 bridgehead atoms. The average Bonchev–Trinajstić information content (AvgIpc) is 2.38. The van der Waals surface area contributed by atoms with Gasteiger partial charge in [0, 0.05) is 13.1 Å². The number of nitrogens with two attached hydrogens (primary N) is 1. The molecular weight excluding hydrogens is 228 g/mol. The Morgan fingerprint density at radius 1 is 1.50 bits per heavy atom. The number of aliphatic hydroxyl groups excluding tert-OH is 1. The fraction of sp³-hybridized carbons (Fsp3) is 0.500. The Hall–Kier alpha value is -1.39. The van der Waals surface area contributed by atoms with E-state index in [9.17, 15) is 9.90 Å². The maximum Gasteiger partial charge on any atom is 0.247 e. The molecule has 1 aliphatic carbocycles. The number of amides is 1. The first kappa shape index (κ1) is 13.1. The summed E-state index contributed by atoms with van der Waals surface area (Å²) in [6.07, 6.45) is 2.40.